The molecular formula is C25H20N8O5. The van der Waals surface area contributed by atoms with Crippen LogP contribution in [0.1, 0.15) is 27.3 Å². The third-order valence-electron chi connectivity index (χ3n) is 5.44. The summed E-state index contributed by atoms with van der Waals surface area (Å²) in [7, 11) is 0. The van der Waals surface area contributed by atoms with Crippen LogP contribution in [-0.4, -0.2) is 31.7 Å². The van der Waals surface area contributed by atoms with Crippen LogP contribution in [0.2, 0.25) is 0 Å². The van der Waals surface area contributed by atoms with Gasteiger partial charge in [0.25, 0.3) is 17.3 Å². The number of para-hydroxylation sites is 1. The molecule has 1 amide bonds. The Balaban J connectivity index is 1.43. The van der Waals surface area contributed by atoms with Crippen molar-refractivity contribution in [2.45, 2.75) is 13.8 Å². The molecule has 0 aliphatic rings. The van der Waals surface area contributed by atoms with Crippen LogP contribution in [0.3, 0.4) is 0 Å². The van der Waals surface area contributed by atoms with Gasteiger partial charge in [0.2, 0.25) is 0 Å². The summed E-state index contributed by atoms with van der Waals surface area (Å²) in [4.78, 5) is 33.0. The lowest BCUT2D eigenvalue weighted by atomic mass is 10.2. The zero-order chi connectivity index (χ0) is 27.2. The molecule has 13 heteroatoms. The average molecular weight is 512 g/mol. The van der Waals surface area contributed by atoms with Gasteiger partial charge in [0.1, 0.15) is 5.69 Å². The Labute approximate surface area is 215 Å². The van der Waals surface area contributed by atoms with E-state index in [0.717, 1.165) is 35.4 Å². The van der Waals surface area contributed by atoms with E-state index in [2.05, 4.69) is 25.9 Å². The first kappa shape index (κ1) is 25.5. The van der Waals surface area contributed by atoms with Gasteiger partial charge in [-0.2, -0.15) is 15.3 Å². The van der Waals surface area contributed by atoms with E-state index in [1.807, 2.05) is 44.2 Å². The Hall–Kier alpha value is -5.59. The Kier molecular flexibility index (Phi) is 7.38. The number of nitrogens with one attached hydrogen (secondary N) is 1. The molecule has 3 aromatic carbocycles. The summed E-state index contributed by atoms with van der Waals surface area (Å²) in [5.74, 6) is -0.565. The van der Waals surface area contributed by atoms with E-state index >= 15 is 0 Å². The lowest BCUT2D eigenvalue weighted by molar-refractivity contribution is -0.394. The third-order valence-corrected chi connectivity index (χ3v) is 5.44. The smallest absolute Gasteiger partial charge is 0.267 e. The van der Waals surface area contributed by atoms with Crippen molar-refractivity contribution in [3.05, 3.63) is 116 Å². The lowest BCUT2D eigenvalue weighted by Gasteiger charge is -2.03. The molecule has 38 heavy (non-hydrogen) atoms. The maximum atomic E-state index is 12.4. The number of benzene rings is 3. The number of hydrogen-bond donors (Lipinski definition) is 1. The summed E-state index contributed by atoms with van der Waals surface area (Å²) >= 11 is 0. The molecule has 4 rings (SSSR count). The second-order valence-corrected chi connectivity index (χ2v) is 7.97. The highest BCUT2D eigenvalue weighted by atomic mass is 16.6. The van der Waals surface area contributed by atoms with Crippen molar-refractivity contribution in [1.82, 2.24) is 15.2 Å². The van der Waals surface area contributed by atoms with Crippen LogP contribution in [-0.2, 0) is 0 Å². The number of nitro benzene ring substituents is 2. The van der Waals surface area contributed by atoms with E-state index in [-0.39, 0.29) is 11.1 Å². The predicted molar refractivity (Wildman–Crippen MR) is 138 cm³/mol. The first-order valence-corrected chi connectivity index (χ1v) is 11.1. The fourth-order valence-corrected chi connectivity index (χ4v) is 3.52. The van der Waals surface area contributed by atoms with E-state index in [1.165, 1.54) is 18.2 Å². The minimum atomic E-state index is -0.765. The number of aromatic nitrogens is 2. The normalized spacial score (nSPS) is 11.2. The van der Waals surface area contributed by atoms with Crippen LogP contribution < -0.4 is 5.43 Å². The van der Waals surface area contributed by atoms with Gasteiger partial charge < -0.3 is 0 Å². The van der Waals surface area contributed by atoms with Gasteiger partial charge in [-0.15, -0.1) is 5.11 Å². The lowest BCUT2D eigenvalue weighted by Crippen LogP contribution is -2.17. The van der Waals surface area contributed by atoms with E-state index in [0.29, 0.717) is 11.4 Å². The van der Waals surface area contributed by atoms with Gasteiger partial charge in [-0.1, -0.05) is 18.2 Å². The zero-order valence-corrected chi connectivity index (χ0v) is 20.2. The van der Waals surface area contributed by atoms with Crippen LogP contribution in [0.4, 0.5) is 22.7 Å². The molecule has 0 saturated carbocycles. The quantitative estimate of drug-likeness (QED) is 0.142. The predicted octanol–water partition coefficient (Wildman–Crippen LogP) is 5.48. The summed E-state index contributed by atoms with van der Waals surface area (Å²) in [6, 6.07) is 19.1. The van der Waals surface area contributed by atoms with Crippen molar-refractivity contribution >= 4 is 34.9 Å². The highest BCUT2D eigenvalue weighted by Gasteiger charge is 2.18. The topological polar surface area (TPSA) is 170 Å². The summed E-state index contributed by atoms with van der Waals surface area (Å²) in [5, 5.41) is 38.9. The first-order chi connectivity index (χ1) is 18.2. The van der Waals surface area contributed by atoms with E-state index < -0.39 is 27.1 Å². The Bertz CT molecular complexity index is 1580. The number of hydrazone groups is 1. The molecule has 4 aromatic rings. The number of nitrogens with zero attached hydrogens (tertiary/aromatic N) is 7. The minimum absolute atomic E-state index is 0.00201. The fourth-order valence-electron chi connectivity index (χ4n) is 3.52. The van der Waals surface area contributed by atoms with Gasteiger partial charge in [-0.25, -0.2) is 10.1 Å². The molecule has 0 aliphatic carbocycles. The second kappa shape index (κ2) is 11.0. The summed E-state index contributed by atoms with van der Waals surface area (Å²) < 4.78 is 1.79. The summed E-state index contributed by atoms with van der Waals surface area (Å²) in [6.07, 6.45) is 1.04. The van der Waals surface area contributed by atoms with Gasteiger partial charge in [0.15, 0.2) is 0 Å². The fraction of sp³-hybridized carbons (Fsp3) is 0.0800. The average Bonchev–Trinajstić information content (AvgIpc) is 3.20. The Morgan fingerprint density at radius 2 is 1.66 bits per heavy atom. The largest absolute Gasteiger partial charge is 0.285 e. The molecule has 13 nitrogen and oxygen atoms in total. The summed E-state index contributed by atoms with van der Waals surface area (Å²) in [6.45, 7) is 3.75. The van der Waals surface area contributed by atoms with Gasteiger partial charge in [0.05, 0.1) is 50.5 Å². The van der Waals surface area contributed by atoms with Gasteiger partial charge >= 0.3 is 0 Å². The van der Waals surface area contributed by atoms with Crippen molar-refractivity contribution in [2.75, 3.05) is 0 Å². The molecular weight excluding hydrogens is 492 g/mol. The number of nitro groups is 2. The molecule has 0 atom stereocenters. The van der Waals surface area contributed by atoms with Crippen LogP contribution >= 0.6 is 0 Å². The van der Waals surface area contributed by atoms with Crippen LogP contribution in [0, 0.1) is 34.1 Å². The molecule has 190 valence electrons. The Morgan fingerprint density at radius 3 is 2.32 bits per heavy atom. The minimum Gasteiger partial charge on any atom is -0.267 e. The highest BCUT2D eigenvalue weighted by Crippen LogP contribution is 2.28. The molecule has 1 N–H and O–H groups in total. The van der Waals surface area contributed by atoms with Crippen molar-refractivity contribution in [3.63, 3.8) is 0 Å². The van der Waals surface area contributed by atoms with E-state index in [1.54, 1.807) is 16.8 Å². The number of azo groups is 1. The van der Waals surface area contributed by atoms with Gasteiger partial charge in [-0.3, -0.25) is 25.0 Å². The van der Waals surface area contributed by atoms with Crippen LogP contribution in [0.15, 0.2) is 88.1 Å². The SMILES string of the molecule is Cc1nn(-c2ccccc2)c(C)c1N=Nc1ccc(C(=O)N/N=C/c2ccc([N+](=O)[O-])cc2[N+](=O)[O-])cc1. The van der Waals surface area contributed by atoms with Crippen molar-refractivity contribution < 1.29 is 14.6 Å². The maximum Gasteiger partial charge on any atom is 0.285 e. The summed E-state index contributed by atoms with van der Waals surface area (Å²) in [5.41, 5.74) is 5.22. The molecule has 0 fully saturated rings. The number of aryl methyl sites for hydroxylation is 1. The van der Waals surface area contributed by atoms with E-state index in [4.69, 9.17) is 0 Å². The van der Waals surface area contributed by atoms with Crippen molar-refractivity contribution in [3.8, 4) is 5.69 Å². The molecule has 1 heterocycles. The molecule has 0 unspecified atom stereocenters. The molecule has 1 aromatic heterocycles. The van der Waals surface area contributed by atoms with Gasteiger partial charge in [0, 0.05) is 11.6 Å². The van der Waals surface area contributed by atoms with Crippen LogP contribution in [0.5, 0.6) is 0 Å². The molecule has 0 spiro atoms. The van der Waals surface area contributed by atoms with Crippen molar-refractivity contribution in [2.24, 2.45) is 15.3 Å². The molecule has 0 bridgehead atoms. The van der Waals surface area contributed by atoms with Crippen molar-refractivity contribution in [1.29, 1.82) is 0 Å². The monoisotopic (exact) mass is 512 g/mol. The molecule has 0 radical (unpaired) electrons. The molecule has 0 saturated heterocycles. The number of non-ortho nitro benzene ring substituents is 1. The number of rotatable bonds is 8. The zero-order valence-electron chi connectivity index (χ0n) is 20.2. The standard InChI is InChI=1S/C25H20N8O5/c1-16-24(17(2)31(30-16)21-6-4-3-5-7-21)28-27-20-11-8-18(9-12-20)25(34)29-26-15-19-10-13-22(32(35)36)14-23(19)33(37)38/h3-15H,1-2H3,(H,29,34)/b26-15+,28-27?. The van der Waals surface area contributed by atoms with E-state index in [9.17, 15) is 25.0 Å². The van der Waals surface area contributed by atoms with Crippen LogP contribution in [0.25, 0.3) is 5.69 Å². The maximum absolute atomic E-state index is 12.4. The number of carbonyl (C=O) groups excluding carboxylic acids is 1. The molecule has 0 aliphatic heterocycles. The second-order valence-electron chi connectivity index (χ2n) is 7.97. The number of carbonyl (C=O) groups is 1. The first-order valence-electron chi connectivity index (χ1n) is 11.1. The highest BCUT2D eigenvalue weighted by molar-refractivity contribution is 5.95. The van der Waals surface area contributed by atoms with Gasteiger partial charge in [-0.05, 0) is 56.3 Å². The number of hydrogen-bond acceptors (Lipinski definition) is 9. The third kappa shape index (κ3) is 5.62. The Morgan fingerprint density at radius 1 is 0.947 bits per heavy atom. The number of amides is 1.